The van der Waals surface area contributed by atoms with Crippen molar-refractivity contribution in [2.24, 2.45) is 0 Å². The molecule has 9 heteroatoms. The molecule has 0 unspecified atom stereocenters. The fourth-order valence-corrected chi connectivity index (χ4v) is 4.60. The van der Waals surface area contributed by atoms with E-state index in [1.807, 2.05) is 6.07 Å². The number of nitrogens with one attached hydrogen (secondary N) is 1. The third-order valence-corrected chi connectivity index (χ3v) is 6.15. The number of amides is 1. The molecule has 0 spiro atoms. The first-order valence-corrected chi connectivity index (χ1v) is 11.4. The van der Waals surface area contributed by atoms with Gasteiger partial charge in [0.15, 0.2) is 0 Å². The van der Waals surface area contributed by atoms with E-state index in [4.69, 9.17) is 9.15 Å². The van der Waals surface area contributed by atoms with Crippen molar-refractivity contribution >= 4 is 29.3 Å². The van der Waals surface area contributed by atoms with Crippen molar-refractivity contribution in [3.05, 3.63) is 75.7 Å². The molecule has 1 aliphatic rings. The van der Waals surface area contributed by atoms with Crippen LogP contribution in [0, 0.1) is 0 Å². The summed E-state index contributed by atoms with van der Waals surface area (Å²) in [5.74, 6) is -0.0167. The molecule has 0 atom stereocenters. The predicted molar refractivity (Wildman–Crippen MR) is 120 cm³/mol. The topological polar surface area (TPSA) is 103 Å². The summed E-state index contributed by atoms with van der Waals surface area (Å²) in [7, 11) is 0. The SMILES string of the molecule is CCOC(=O)c1ccccc1NC(=O)CSc1nc(=O)n(Cc2ccco2)c2c1CCC2. The summed E-state index contributed by atoms with van der Waals surface area (Å²) in [6, 6.07) is 10.3. The Labute approximate surface area is 189 Å². The van der Waals surface area contributed by atoms with E-state index >= 15 is 0 Å². The Kier molecular flexibility index (Phi) is 6.75. The molecule has 2 aromatic heterocycles. The molecule has 3 aromatic rings. The molecular weight excluding hydrogens is 430 g/mol. The Morgan fingerprint density at radius 1 is 1.22 bits per heavy atom. The number of aromatic nitrogens is 2. The first kappa shape index (κ1) is 21.9. The van der Waals surface area contributed by atoms with Crippen molar-refractivity contribution in [2.45, 2.75) is 37.8 Å². The highest BCUT2D eigenvalue weighted by atomic mass is 32.2. The zero-order chi connectivity index (χ0) is 22.5. The van der Waals surface area contributed by atoms with Crippen LogP contribution < -0.4 is 11.0 Å². The number of rotatable bonds is 8. The van der Waals surface area contributed by atoms with Gasteiger partial charge in [-0.3, -0.25) is 9.36 Å². The highest BCUT2D eigenvalue weighted by Crippen LogP contribution is 2.29. The number of benzene rings is 1. The Bertz CT molecular complexity index is 1190. The van der Waals surface area contributed by atoms with Gasteiger partial charge in [0.1, 0.15) is 10.8 Å². The number of carbonyl (C=O) groups excluding carboxylic acids is 2. The number of furan rings is 1. The van der Waals surface area contributed by atoms with Gasteiger partial charge in [0.2, 0.25) is 5.91 Å². The van der Waals surface area contributed by atoms with Crippen LogP contribution in [0.3, 0.4) is 0 Å². The molecule has 0 saturated carbocycles. The average molecular weight is 454 g/mol. The standard InChI is InChI=1S/C23H23N3O5S/c1-2-30-22(28)16-8-3-4-10-18(16)24-20(27)14-32-21-17-9-5-11-19(17)26(23(29)25-21)13-15-7-6-12-31-15/h3-4,6-8,10,12H,2,5,9,11,13-14H2,1H3,(H,24,27). The minimum Gasteiger partial charge on any atom is -0.467 e. The molecule has 0 fully saturated rings. The first-order valence-electron chi connectivity index (χ1n) is 10.4. The van der Waals surface area contributed by atoms with Gasteiger partial charge < -0.3 is 14.5 Å². The number of fused-ring (bicyclic) bond motifs is 1. The fourth-order valence-electron chi connectivity index (χ4n) is 3.73. The zero-order valence-electron chi connectivity index (χ0n) is 17.6. The van der Waals surface area contributed by atoms with Gasteiger partial charge in [-0.15, -0.1) is 0 Å². The van der Waals surface area contributed by atoms with E-state index in [0.717, 1.165) is 30.5 Å². The molecular formula is C23H23N3O5S. The van der Waals surface area contributed by atoms with Crippen LogP contribution in [-0.4, -0.2) is 33.8 Å². The third-order valence-electron chi connectivity index (χ3n) is 5.13. The van der Waals surface area contributed by atoms with E-state index in [-0.39, 0.29) is 24.0 Å². The quantitative estimate of drug-likeness (QED) is 0.317. The zero-order valence-corrected chi connectivity index (χ0v) is 18.4. The number of anilines is 1. The number of carbonyl (C=O) groups is 2. The summed E-state index contributed by atoms with van der Waals surface area (Å²) in [6.07, 6.45) is 4.12. The van der Waals surface area contributed by atoms with Crippen LogP contribution in [0.15, 0.2) is 56.9 Å². The van der Waals surface area contributed by atoms with E-state index in [1.165, 1.54) is 11.8 Å². The first-order chi connectivity index (χ1) is 15.6. The Hall–Kier alpha value is -3.33. The highest BCUT2D eigenvalue weighted by Gasteiger charge is 2.23. The van der Waals surface area contributed by atoms with Gasteiger partial charge in [-0.05, 0) is 50.5 Å². The number of nitrogens with zero attached hydrogens (tertiary/aromatic N) is 2. The van der Waals surface area contributed by atoms with Crippen LogP contribution in [0.1, 0.15) is 40.7 Å². The molecule has 1 aliphatic carbocycles. The molecule has 2 heterocycles. The molecule has 0 radical (unpaired) electrons. The normalized spacial score (nSPS) is 12.4. The Morgan fingerprint density at radius 2 is 2.06 bits per heavy atom. The van der Waals surface area contributed by atoms with Crippen LogP contribution in [0.25, 0.3) is 0 Å². The van der Waals surface area contributed by atoms with E-state index in [1.54, 1.807) is 48.1 Å². The summed E-state index contributed by atoms with van der Waals surface area (Å²) in [6.45, 7) is 2.32. The van der Waals surface area contributed by atoms with Crippen molar-refractivity contribution < 1.29 is 18.7 Å². The lowest BCUT2D eigenvalue weighted by Crippen LogP contribution is -2.28. The lowest BCUT2D eigenvalue weighted by Gasteiger charge is -2.13. The van der Waals surface area contributed by atoms with Crippen molar-refractivity contribution in [3.8, 4) is 0 Å². The average Bonchev–Trinajstić information content (AvgIpc) is 3.47. The molecule has 1 amide bonds. The number of hydrogen-bond acceptors (Lipinski definition) is 7. The van der Waals surface area contributed by atoms with Crippen LogP contribution in [0.2, 0.25) is 0 Å². The molecule has 0 saturated heterocycles. The summed E-state index contributed by atoms with van der Waals surface area (Å²) in [5.41, 5.74) is 2.31. The van der Waals surface area contributed by atoms with Gasteiger partial charge in [-0.2, -0.15) is 4.98 Å². The van der Waals surface area contributed by atoms with Gasteiger partial charge in [0, 0.05) is 11.3 Å². The van der Waals surface area contributed by atoms with E-state index in [2.05, 4.69) is 10.3 Å². The van der Waals surface area contributed by atoms with Crippen LogP contribution in [0.4, 0.5) is 5.69 Å². The molecule has 166 valence electrons. The van der Waals surface area contributed by atoms with Crippen molar-refractivity contribution in [1.29, 1.82) is 0 Å². The molecule has 0 aliphatic heterocycles. The number of thioether (sulfide) groups is 1. The maximum atomic E-state index is 12.7. The second-order valence-electron chi connectivity index (χ2n) is 7.25. The minimum absolute atomic E-state index is 0.0677. The lowest BCUT2D eigenvalue weighted by atomic mass is 10.2. The molecule has 1 N–H and O–H groups in total. The molecule has 0 bridgehead atoms. The third kappa shape index (κ3) is 4.77. The maximum Gasteiger partial charge on any atom is 0.349 e. The van der Waals surface area contributed by atoms with Gasteiger partial charge in [-0.1, -0.05) is 23.9 Å². The van der Waals surface area contributed by atoms with Gasteiger partial charge >= 0.3 is 11.7 Å². The van der Waals surface area contributed by atoms with Crippen LogP contribution in [0.5, 0.6) is 0 Å². The maximum absolute atomic E-state index is 12.7. The summed E-state index contributed by atoms with van der Waals surface area (Å²) >= 11 is 1.23. The lowest BCUT2D eigenvalue weighted by molar-refractivity contribution is -0.113. The molecule has 4 rings (SSSR count). The number of para-hydroxylation sites is 1. The van der Waals surface area contributed by atoms with Gasteiger partial charge in [0.25, 0.3) is 0 Å². The molecule has 1 aromatic carbocycles. The Morgan fingerprint density at radius 3 is 2.84 bits per heavy atom. The summed E-state index contributed by atoms with van der Waals surface area (Å²) < 4.78 is 12.1. The van der Waals surface area contributed by atoms with Crippen molar-refractivity contribution in [2.75, 3.05) is 17.7 Å². The molecule has 32 heavy (non-hydrogen) atoms. The second-order valence-corrected chi connectivity index (χ2v) is 8.21. The van der Waals surface area contributed by atoms with Crippen molar-refractivity contribution in [3.63, 3.8) is 0 Å². The van der Waals surface area contributed by atoms with Crippen LogP contribution in [-0.2, 0) is 28.9 Å². The van der Waals surface area contributed by atoms with Gasteiger partial charge in [-0.25, -0.2) is 9.59 Å². The number of hydrogen-bond donors (Lipinski definition) is 1. The van der Waals surface area contributed by atoms with Gasteiger partial charge in [0.05, 0.1) is 36.4 Å². The molecule has 8 nitrogen and oxygen atoms in total. The number of ether oxygens (including phenoxy) is 1. The Balaban J connectivity index is 1.47. The van der Waals surface area contributed by atoms with E-state index in [9.17, 15) is 14.4 Å². The number of esters is 1. The van der Waals surface area contributed by atoms with Crippen LogP contribution >= 0.6 is 11.8 Å². The van der Waals surface area contributed by atoms with Crippen molar-refractivity contribution in [1.82, 2.24) is 9.55 Å². The van der Waals surface area contributed by atoms with E-state index < -0.39 is 5.97 Å². The summed E-state index contributed by atoms with van der Waals surface area (Å²) in [5, 5.41) is 3.35. The highest BCUT2D eigenvalue weighted by molar-refractivity contribution is 8.00. The summed E-state index contributed by atoms with van der Waals surface area (Å²) in [4.78, 5) is 41.6. The predicted octanol–water partition coefficient (Wildman–Crippen LogP) is 3.28. The monoisotopic (exact) mass is 453 g/mol. The minimum atomic E-state index is -0.490. The second kappa shape index (κ2) is 9.86. The van der Waals surface area contributed by atoms with E-state index in [0.29, 0.717) is 28.6 Å². The largest absolute Gasteiger partial charge is 0.467 e. The fraction of sp³-hybridized carbons (Fsp3) is 0.304. The smallest absolute Gasteiger partial charge is 0.349 e.